The first kappa shape index (κ1) is 35.8. The van der Waals surface area contributed by atoms with Crippen molar-refractivity contribution in [3.05, 3.63) is 229 Å². The van der Waals surface area contributed by atoms with Gasteiger partial charge < -0.3 is 9.30 Å². The maximum atomic E-state index is 6.67. The van der Waals surface area contributed by atoms with Gasteiger partial charge in [-0.15, -0.1) is 0 Å². The molecule has 0 bridgehead atoms. The first-order valence-corrected chi connectivity index (χ1v) is 22.0. The monoisotopic (exact) mass is 832 g/mol. The van der Waals surface area contributed by atoms with E-state index in [2.05, 4.69) is 196 Å². The van der Waals surface area contributed by atoms with Crippen molar-refractivity contribution in [2.75, 3.05) is 0 Å². The molecule has 0 spiro atoms. The fourth-order valence-corrected chi connectivity index (χ4v) is 10.7. The summed E-state index contributed by atoms with van der Waals surface area (Å²) in [4.78, 5) is 16.2. The zero-order valence-electron chi connectivity index (χ0n) is 34.9. The minimum Gasteiger partial charge on any atom is -0.424 e. The first-order chi connectivity index (χ1) is 32.3. The molecule has 4 heterocycles. The highest BCUT2D eigenvalue weighted by Crippen LogP contribution is 2.52. The highest BCUT2D eigenvalue weighted by Gasteiger charge is 2.34. The molecule has 7 nitrogen and oxygen atoms in total. The van der Waals surface area contributed by atoms with Crippen LogP contribution in [-0.2, 0) is 0 Å². The average Bonchev–Trinajstić information content (AvgIpc) is 4.10. The summed E-state index contributed by atoms with van der Waals surface area (Å²) in [5.41, 5.74) is 13.5. The molecule has 1 unspecified atom stereocenters. The van der Waals surface area contributed by atoms with Crippen LogP contribution in [0.4, 0.5) is 0 Å². The lowest BCUT2D eigenvalue weighted by Crippen LogP contribution is -2.11. The summed E-state index contributed by atoms with van der Waals surface area (Å²) in [7, 11) is 0. The molecule has 14 rings (SSSR count). The van der Waals surface area contributed by atoms with Crippen LogP contribution < -0.4 is 4.74 Å². The fourth-order valence-electron chi connectivity index (χ4n) is 10.7. The van der Waals surface area contributed by atoms with Gasteiger partial charge in [-0.1, -0.05) is 170 Å². The number of rotatable bonds is 6. The molecular weight excluding hydrogens is 797 g/mol. The highest BCUT2D eigenvalue weighted by atomic mass is 16.5. The van der Waals surface area contributed by atoms with Gasteiger partial charge in [0, 0.05) is 43.9 Å². The van der Waals surface area contributed by atoms with E-state index in [1.165, 1.54) is 33.2 Å². The lowest BCUT2D eigenvalue weighted by Gasteiger charge is -2.18. The summed E-state index contributed by atoms with van der Waals surface area (Å²) in [6.45, 7) is 0. The number of hydrogen-bond donors (Lipinski definition) is 0. The zero-order chi connectivity index (χ0) is 42.6. The Hall–Kier alpha value is -8.81. The normalized spacial score (nSPS) is 13.4. The van der Waals surface area contributed by atoms with Crippen molar-refractivity contribution in [1.82, 2.24) is 28.7 Å². The van der Waals surface area contributed by atoms with Crippen LogP contribution in [0.2, 0.25) is 0 Å². The molecule has 0 saturated heterocycles. The van der Waals surface area contributed by atoms with E-state index < -0.39 is 0 Å². The van der Waals surface area contributed by atoms with E-state index in [0.717, 1.165) is 65.7 Å². The second-order valence-electron chi connectivity index (χ2n) is 16.7. The topological polar surface area (TPSA) is 62.7 Å². The van der Waals surface area contributed by atoms with Crippen LogP contribution in [0.1, 0.15) is 22.6 Å². The minimum atomic E-state index is -0.0129. The van der Waals surface area contributed by atoms with Crippen LogP contribution in [0.15, 0.2) is 212 Å². The Kier molecular flexibility index (Phi) is 7.62. The predicted molar refractivity (Wildman–Crippen MR) is 262 cm³/mol. The van der Waals surface area contributed by atoms with Crippen molar-refractivity contribution >= 4 is 65.4 Å². The Bertz CT molecular complexity index is 4040. The fraction of sp³-hybridized carbons (Fsp3) is 0.0172. The van der Waals surface area contributed by atoms with E-state index in [1.54, 1.807) is 0 Å². The number of benzene rings is 9. The number of para-hydroxylation sites is 5. The van der Waals surface area contributed by atoms with Crippen LogP contribution in [0.25, 0.3) is 94.1 Å². The van der Waals surface area contributed by atoms with Gasteiger partial charge in [0.05, 0.1) is 33.1 Å². The van der Waals surface area contributed by atoms with Crippen molar-refractivity contribution in [1.29, 1.82) is 0 Å². The minimum absolute atomic E-state index is 0.0129. The summed E-state index contributed by atoms with van der Waals surface area (Å²) < 4.78 is 13.5. The van der Waals surface area contributed by atoms with Crippen molar-refractivity contribution < 1.29 is 4.74 Å². The molecule has 0 amide bonds. The SMILES string of the molecule is c1ccc(Oc2nc(-n3c4ccccc4c4ccc5c(c43)C(c3ccccc3)c3ccccc3-5)nc(-n3c4ccccc4c4ccc5c6ccccc6n(-c6ccccc6)c5c43)n2)cc1. The van der Waals surface area contributed by atoms with Crippen LogP contribution >= 0.6 is 0 Å². The Morgan fingerprint density at radius 1 is 0.354 bits per heavy atom. The number of aromatic nitrogens is 6. The summed E-state index contributed by atoms with van der Waals surface area (Å²) in [6, 6.07) is 75.1. The Morgan fingerprint density at radius 2 is 0.831 bits per heavy atom. The molecule has 1 atom stereocenters. The molecule has 304 valence electrons. The maximum absolute atomic E-state index is 6.67. The van der Waals surface area contributed by atoms with Gasteiger partial charge in [-0.2, -0.15) is 15.0 Å². The molecular formula is C58H36N6O. The summed E-state index contributed by atoms with van der Waals surface area (Å²) in [5, 5.41) is 6.75. The smallest absolute Gasteiger partial charge is 0.328 e. The molecule has 1 aliphatic rings. The molecule has 1 aliphatic carbocycles. The van der Waals surface area contributed by atoms with E-state index in [4.69, 9.17) is 19.7 Å². The molecule has 0 N–H and O–H groups in total. The molecule has 0 aliphatic heterocycles. The molecule has 0 fully saturated rings. The van der Waals surface area contributed by atoms with Gasteiger partial charge in [0.1, 0.15) is 5.75 Å². The Labute approximate surface area is 372 Å². The average molecular weight is 833 g/mol. The molecule has 13 aromatic rings. The van der Waals surface area contributed by atoms with Gasteiger partial charge in [0.25, 0.3) is 0 Å². The second-order valence-corrected chi connectivity index (χ2v) is 16.7. The zero-order valence-corrected chi connectivity index (χ0v) is 34.9. The van der Waals surface area contributed by atoms with Gasteiger partial charge in [0.15, 0.2) is 0 Å². The molecule has 65 heavy (non-hydrogen) atoms. The van der Waals surface area contributed by atoms with E-state index in [0.29, 0.717) is 17.6 Å². The third-order valence-corrected chi connectivity index (χ3v) is 13.3. The Morgan fingerprint density at radius 3 is 1.48 bits per heavy atom. The quantitative estimate of drug-likeness (QED) is 0.167. The summed E-state index contributed by atoms with van der Waals surface area (Å²) >= 11 is 0. The predicted octanol–water partition coefficient (Wildman–Crippen LogP) is 14.1. The first-order valence-electron chi connectivity index (χ1n) is 22.0. The number of fused-ring (bicyclic) bond motifs is 14. The lowest BCUT2D eigenvalue weighted by molar-refractivity contribution is 0.437. The van der Waals surface area contributed by atoms with E-state index in [9.17, 15) is 0 Å². The highest BCUT2D eigenvalue weighted by molar-refractivity contribution is 6.23. The molecule has 0 radical (unpaired) electrons. The van der Waals surface area contributed by atoms with E-state index >= 15 is 0 Å². The van der Waals surface area contributed by atoms with E-state index in [-0.39, 0.29) is 11.9 Å². The third-order valence-electron chi connectivity index (χ3n) is 13.3. The molecule has 0 saturated carbocycles. The van der Waals surface area contributed by atoms with Crippen molar-refractivity contribution in [2.45, 2.75) is 5.92 Å². The van der Waals surface area contributed by atoms with E-state index in [1.807, 2.05) is 30.3 Å². The van der Waals surface area contributed by atoms with Gasteiger partial charge in [-0.3, -0.25) is 9.13 Å². The number of ether oxygens (including phenoxy) is 1. The van der Waals surface area contributed by atoms with Gasteiger partial charge in [-0.25, -0.2) is 0 Å². The van der Waals surface area contributed by atoms with Crippen LogP contribution in [0.3, 0.4) is 0 Å². The molecule has 7 heteroatoms. The van der Waals surface area contributed by atoms with Crippen LogP contribution in [-0.4, -0.2) is 28.7 Å². The number of nitrogens with zero attached hydrogens (tertiary/aromatic N) is 6. The largest absolute Gasteiger partial charge is 0.424 e. The maximum Gasteiger partial charge on any atom is 0.328 e. The Balaban J connectivity index is 1.13. The van der Waals surface area contributed by atoms with Gasteiger partial charge >= 0.3 is 6.01 Å². The lowest BCUT2D eigenvalue weighted by atomic mass is 9.88. The van der Waals surface area contributed by atoms with Crippen molar-refractivity contribution in [3.8, 4) is 40.5 Å². The van der Waals surface area contributed by atoms with Gasteiger partial charge in [0.2, 0.25) is 11.9 Å². The van der Waals surface area contributed by atoms with Crippen molar-refractivity contribution in [2.24, 2.45) is 0 Å². The molecule has 4 aromatic heterocycles. The standard InChI is InChI=1S/C58H36N6O/c1-4-18-36(19-5-1)51-43-28-11-10-24-39(43)44-32-33-45-40-25-13-16-30-49(40)63(53(45)52(44)51)56-59-57(61-58(60-56)65-38-22-8-3-9-23-38)64-50-31-17-14-27-42(50)47-35-34-46-41-26-12-15-29-48(41)62(54(46)55(47)64)37-20-6-2-7-21-37/h1-35,51H. The van der Waals surface area contributed by atoms with Crippen molar-refractivity contribution in [3.63, 3.8) is 0 Å². The summed E-state index contributed by atoms with van der Waals surface area (Å²) in [6.07, 6.45) is 0. The second kappa shape index (κ2) is 13.8. The summed E-state index contributed by atoms with van der Waals surface area (Å²) in [5.74, 6) is 1.53. The number of hydrogen-bond acceptors (Lipinski definition) is 4. The third kappa shape index (κ3) is 5.21. The molecule has 9 aromatic carbocycles. The van der Waals surface area contributed by atoms with Crippen LogP contribution in [0.5, 0.6) is 11.8 Å². The van der Waals surface area contributed by atoms with Gasteiger partial charge in [-0.05, 0) is 70.3 Å². The van der Waals surface area contributed by atoms with Crippen LogP contribution in [0, 0.1) is 0 Å².